The number of nitrogens with one attached hydrogen (secondary N) is 2. The van der Waals surface area contributed by atoms with Gasteiger partial charge in [0.15, 0.2) is 0 Å². The first-order chi connectivity index (χ1) is 19.0. The summed E-state index contributed by atoms with van der Waals surface area (Å²) in [6.07, 6.45) is 3.89. The van der Waals surface area contributed by atoms with E-state index in [1.165, 1.54) is 0 Å². The SMILES string of the molecule is CCN(c1cc(-c2ccc(OC)nc2)cc(C(=O)NCc2c(C)cc(C)[nH]c2=O)c1C)C1CC(C)N(C)C(C)C1. The van der Waals surface area contributed by atoms with Crippen molar-refractivity contribution in [1.29, 1.82) is 0 Å². The maximum atomic E-state index is 13.7. The normalized spacial score (nSPS) is 19.4. The van der Waals surface area contributed by atoms with Gasteiger partial charge < -0.3 is 24.8 Å². The molecular weight excluding hydrogens is 502 g/mol. The van der Waals surface area contributed by atoms with E-state index in [1.54, 1.807) is 13.3 Å². The molecule has 3 heterocycles. The van der Waals surface area contributed by atoms with Crippen LogP contribution in [0.2, 0.25) is 0 Å². The number of hydrogen-bond acceptors (Lipinski definition) is 6. The smallest absolute Gasteiger partial charge is 0.253 e. The molecule has 8 nitrogen and oxygen atoms in total. The number of H-pyrrole nitrogens is 1. The van der Waals surface area contributed by atoms with Crippen LogP contribution in [0.15, 0.2) is 41.3 Å². The number of anilines is 1. The number of piperidine rings is 1. The molecule has 1 aliphatic heterocycles. The Balaban J connectivity index is 1.75. The molecule has 2 aromatic heterocycles. The molecule has 2 N–H and O–H groups in total. The van der Waals surface area contributed by atoms with Crippen molar-refractivity contribution >= 4 is 11.6 Å². The standard InChI is InChI=1S/C32H43N5O3/c1-9-37(26-13-21(4)36(7)22(5)14-26)29-16-25(24-10-11-30(40-8)33-17-24)15-27(23(29)6)31(38)34-18-28-19(2)12-20(3)35-32(28)39/h10-12,15-17,21-22,26H,9,13-14,18H2,1-8H3,(H,34,38)(H,35,39). The Labute approximate surface area is 237 Å². The van der Waals surface area contributed by atoms with E-state index in [9.17, 15) is 9.59 Å². The fraction of sp³-hybridized carbons (Fsp3) is 0.469. The number of amides is 1. The Hall–Kier alpha value is -3.65. The highest BCUT2D eigenvalue weighted by molar-refractivity contribution is 5.99. The van der Waals surface area contributed by atoms with E-state index in [1.807, 2.05) is 45.0 Å². The highest BCUT2D eigenvalue weighted by atomic mass is 16.5. The summed E-state index contributed by atoms with van der Waals surface area (Å²) < 4.78 is 5.26. The lowest BCUT2D eigenvalue weighted by Crippen LogP contribution is -2.51. The van der Waals surface area contributed by atoms with E-state index in [0.29, 0.717) is 35.1 Å². The molecule has 4 rings (SSSR count). The van der Waals surface area contributed by atoms with Crippen LogP contribution in [-0.2, 0) is 6.54 Å². The largest absolute Gasteiger partial charge is 0.481 e. The second-order valence-electron chi connectivity index (χ2n) is 11.2. The first kappa shape index (κ1) is 29.3. The van der Waals surface area contributed by atoms with Gasteiger partial charge in [-0.25, -0.2) is 4.98 Å². The molecule has 0 radical (unpaired) electrons. The average molecular weight is 546 g/mol. The van der Waals surface area contributed by atoms with Crippen molar-refractivity contribution in [3.05, 3.63) is 74.8 Å². The van der Waals surface area contributed by atoms with Gasteiger partial charge in [0.2, 0.25) is 5.88 Å². The van der Waals surface area contributed by atoms with Gasteiger partial charge in [0, 0.05) is 71.5 Å². The van der Waals surface area contributed by atoms with Crippen molar-refractivity contribution in [2.24, 2.45) is 0 Å². The van der Waals surface area contributed by atoms with Gasteiger partial charge in [-0.3, -0.25) is 9.59 Å². The highest BCUT2D eigenvalue weighted by Gasteiger charge is 2.32. The van der Waals surface area contributed by atoms with Crippen LogP contribution in [0.3, 0.4) is 0 Å². The molecule has 1 aromatic carbocycles. The van der Waals surface area contributed by atoms with Gasteiger partial charge in [0.05, 0.1) is 7.11 Å². The predicted molar refractivity (Wildman–Crippen MR) is 161 cm³/mol. The number of aromatic nitrogens is 2. The monoisotopic (exact) mass is 545 g/mol. The number of carbonyl (C=O) groups is 1. The quantitative estimate of drug-likeness (QED) is 0.414. The third-order valence-electron chi connectivity index (χ3n) is 8.53. The summed E-state index contributed by atoms with van der Waals surface area (Å²) in [5, 5.41) is 3.02. The Kier molecular flexibility index (Phi) is 8.98. The van der Waals surface area contributed by atoms with Crippen LogP contribution < -0.4 is 20.5 Å². The van der Waals surface area contributed by atoms with Gasteiger partial charge in [0.25, 0.3) is 11.5 Å². The number of likely N-dealkylation sites (tertiary alicyclic amines) is 1. The molecule has 40 heavy (non-hydrogen) atoms. The van der Waals surface area contributed by atoms with E-state index in [-0.39, 0.29) is 18.0 Å². The van der Waals surface area contributed by atoms with Gasteiger partial charge >= 0.3 is 0 Å². The van der Waals surface area contributed by atoms with E-state index in [0.717, 1.165) is 53.0 Å². The van der Waals surface area contributed by atoms with Crippen LogP contribution in [0.25, 0.3) is 11.1 Å². The second-order valence-corrected chi connectivity index (χ2v) is 11.2. The molecule has 1 amide bonds. The number of carbonyl (C=O) groups excluding carboxylic acids is 1. The molecular formula is C32H43N5O3. The molecule has 3 aromatic rings. The molecule has 0 spiro atoms. The number of benzene rings is 1. The van der Waals surface area contributed by atoms with E-state index in [4.69, 9.17) is 4.74 Å². The molecule has 0 aliphatic carbocycles. The minimum atomic E-state index is -0.206. The van der Waals surface area contributed by atoms with Gasteiger partial charge in [-0.05, 0) is 102 Å². The van der Waals surface area contributed by atoms with Crippen LogP contribution in [0.5, 0.6) is 5.88 Å². The van der Waals surface area contributed by atoms with Crippen molar-refractivity contribution in [1.82, 2.24) is 20.2 Å². The number of aryl methyl sites for hydroxylation is 2. The van der Waals surface area contributed by atoms with Crippen molar-refractivity contribution < 1.29 is 9.53 Å². The molecule has 1 saturated heterocycles. The molecule has 0 saturated carbocycles. The molecule has 2 unspecified atom stereocenters. The van der Waals surface area contributed by atoms with Gasteiger partial charge in [0.1, 0.15) is 0 Å². The van der Waals surface area contributed by atoms with E-state index >= 15 is 0 Å². The first-order valence-corrected chi connectivity index (χ1v) is 14.1. The minimum absolute atomic E-state index is 0.158. The Morgan fingerprint density at radius 2 is 1.82 bits per heavy atom. The van der Waals surface area contributed by atoms with Crippen molar-refractivity contribution in [3.63, 3.8) is 0 Å². The molecule has 214 valence electrons. The third-order valence-corrected chi connectivity index (χ3v) is 8.53. The maximum Gasteiger partial charge on any atom is 0.253 e. The Bertz CT molecular complexity index is 1400. The fourth-order valence-corrected chi connectivity index (χ4v) is 5.97. The Morgan fingerprint density at radius 1 is 1.12 bits per heavy atom. The lowest BCUT2D eigenvalue weighted by atomic mass is 9.90. The van der Waals surface area contributed by atoms with E-state index < -0.39 is 0 Å². The lowest BCUT2D eigenvalue weighted by molar-refractivity contribution is 0.0950. The molecule has 2 atom stereocenters. The van der Waals surface area contributed by atoms with Crippen LogP contribution in [0.1, 0.15) is 66.4 Å². The summed E-state index contributed by atoms with van der Waals surface area (Å²) in [5.74, 6) is 0.333. The van der Waals surface area contributed by atoms with Crippen LogP contribution in [0, 0.1) is 20.8 Å². The van der Waals surface area contributed by atoms with Crippen molar-refractivity contribution in [2.45, 2.75) is 79.1 Å². The topological polar surface area (TPSA) is 90.6 Å². The number of methoxy groups -OCH3 is 1. The fourth-order valence-electron chi connectivity index (χ4n) is 5.97. The summed E-state index contributed by atoms with van der Waals surface area (Å²) >= 11 is 0. The number of hydrogen-bond donors (Lipinski definition) is 2. The first-order valence-electron chi connectivity index (χ1n) is 14.1. The summed E-state index contributed by atoms with van der Waals surface area (Å²) in [5.41, 5.74) is 6.46. The number of pyridine rings is 2. The van der Waals surface area contributed by atoms with E-state index in [2.05, 4.69) is 59.0 Å². The van der Waals surface area contributed by atoms with Gasteiger partial charge in [-0.15, -0.1) is 0 Å². The number of nitrogens with zero attached hydrogens (tertiary/aromatic N) is 3. The zero-order valence-corrected chi connectivity index (χ0v) is 25.1. The number of rotatable bonds is 8. The minimum Gasteiger partial charge on any atom is -0.481 e. The maximum absolute atomic E-state index is 13.7. The number of aromatic amines is 1. The predicted octanol–water partition coefficient (Wildman–Crippen LogP) is 5.00. The zero-order chi connectivity index (χ0) is 29.1. The molecule has 1 fully saturated rings. The van der Waals surface area contributed by atoms with Crippen molar-refractivity contribution in [2.75, 3.05) is 25.6 Å². The van der Waals surface area contributed by atoms with Gasteiger partial charge in [-0.1, -0.05) is 0 Å². The highest BCUT2D eigenvalue weighted by Crippen LogP contribution is 2.35. The Morgan fingerprint density at radius 3 is 2.40 bits per heavy atom. The molecule has 8 heteroatoms. The summed E-state index contributed by atoms with van der Waals surface area (Å²) in [6.45, 7) is 13.5. The third kappa shape index (κ3) is 6.07. The number of ether oxygens (including phenoxy) is 1. The van der Waals surface area contributed by atoms with Crippen LogP contribution in [-0.4, -0.2) is 59.6 Å². The zero-order valence-electron chi connectivity index (χ0n) is 25.1. The van der Waals surface area contributed by atoms with Gasteiger partial charge in [-0.2, -0.15) is 0 Å². The van der Waals surface area contributed by atoms with Crippen LogP contribution >= 0.6 is 0 Å². The molecule has 1 aliphatic rings. The molecule has 0 bridgehead atoms. The summed E-state index contributed by atoms with van der Waals surface area (Å²) in [6, 6.07) is 11.1. The van der Waals surface area contributed by atoms with Crippen LogP contribution in [0.4, 0.5) is 5.69 Å². The lowest BCUT2D eigenvalue weighted by Gasteiger charge is -2.45. The summed E-state index contributed by atoms with van der Waals surface area (Å²) in [4.78, 5) is 38.4. The summed E-state index contributed by atoms with van der Waals surface area (Å²) in [7, 11) is 3.80. The second kappa shape index (κ2) is 12.3. The average Bonchev–Trinajstić information content (AvgIpc) is 2.92. The van der Waals surface area contributed by atoms with Crippen molar-refractivity contribution in [3.8, 4) is 17.0 Å².